The van der Waals surface area contributed by atoms with Crippen molar-refractivity contribution in [2.75, 3.05) is 17.2 Å². The maximum atomic E-state index is 4.29. The average molecular weight is 316 g/mol. The van der Waals surface area contributed by atoms with Gasteiger partial charge in [0.05, 0.1) is 11.4 Å². The van der Waals surface area contributed by atoms with Crippen LogP contribution in [0.15, 0.2) is 58.3 Å². The molecule has 0 aliphatic carbocycles. The quantitative estimate of drug-likeness (QED) is 0.531. The van der Waals surface area contributed by atoms with Gasteiger partial charge in [-0.3, -0.25) is 0 Å². The van der Waals surface area contributed by atoms with E-state index in [4.69, 9.17) is 0 Å². The molecule has 3 rings (SSSR count). The Morgan fingerprint density at radius 3 is 1.95 bits per heavy atom. The zero-order valence-electron chi connectivity index (χ0n) is 12.2. The molecule has 0 N–H and O–H groups in total. The van der Waals surface area contributed by atoms with Gasteiger partial charge in [-0.15, -0.1) is 0 Å². The molecular weight excluding hydrogens is 294 g/mol. The second-order valence-corrected chi connectivity index (χ2v) is 6.86. The van der Waals surface area contributed by atoms with E-state index in [1.165, 1.54) is 46.8 Å². The van der Waals surface area contributed by atoms with E-state index in [-0.39, 0.29) is 0 Å². The molecule has 1 aliphatic rings. The van der Waals surface area contributed by atoms with Crippen molar-refractivity contribution in [3.8, 4) is 0 Å². The first-order chi connectivity index (χ1) is 10.4. The number of nitrogens with zero attached hydrogens (tertiary/aromatic N) is 1. The van der Waals surface area contributed by atoms with E-state index in [0.717, 1.165) is 12.3 Å². The summed E-state index contributed by atoms with van der Waals surface area (Å²) >= 11 is 6.17. The Labute approximate surface area is 137 Å². The number of hydrogen-bond donors (Lipinski definition) is 1. The van der Waals surface area contributed by atoms with Crippen LogP contribution in [-0.4, -0.2) is 12.3 Å². The average Bonchev–Trinajstić information content (AvgIpc) is 2.53. The Morgan fingerprint density at radius 1 is 0.762 bits per heavy atom. The van der Waals surface area contributed by atoms with Gasteiger partial charge in [0.2, 0.25) is 0 Å². The van der Waals surface area contributed by atoms with Crippen LogP contribution in [0.3, 0.4) is 0 Å². The molecular formula is C18H21NS2. The molecule has 0 radical (unpaired) electrons. The molecule has 21 heavy (non-hydrogen) atoms. The fraction of sp³-hybridized carbons (Fsp3) is 0.333. The number of thiol groups is 1. The Bertz CT molecular complexity index is 552. The molecule has 3 heteroatoms. The van der Waals surface area contributed by atoms with E-state index in [0.29, 0.717) is 0 Å². The third-order valence-corrected chi connectivity index (χ3v) is 5.27. The lowest BCUT2D eigenvalue weighted by atomic mass is 10.1. The first-order valence-electron chi connectivity index (χ1n) is 7.64. The molecule has 1 heterocycles. The van der Waals surface area contributed by atoms with Crippen LogP contribution in [0.2, 0.25) is 0 Å². The van der Waals surface area contributed by atoms with Crippen molar-refractivity contribution >= 4 is 35.8 Å². The Morgan fingerprint density at radius 2 is 1.33 bits per heavy atom. The maximum absolute atomic E-state index is 4.29. The molecule has 2 aromatic rings. The van der Waals surface area contributed by atoms with Crippen molar-refractivity contribution in [2.24, 2.45) is 0 Å². The summed E-state index contributed by atoms with van der Waals surface area (Å²) in [6.07, 6.45) is 5.04. The van der Waals surface area contributed by atoms with Crippen molar-refractivity contribution < 1.29 is 0 Å². The summed E-state index contributed by atoms with van der Waals surface area (Å²) < 4.78 is 0. The van der Waals surface area contributed by atoms with Crippen molar-refractivity contribution in [3.05, 3.63) is 48.5 Å². The van der Waals surface area contributed by atoms with Crippen molar-refractivity contribution in [1.82, 2.24) is 0 Å². The van der Waals surface area contributed by atoms with Gasteiger partial charge in [-0.25, -0.2) is 0 Å². The molecule has 0 bridgehead atoms. The van der Waals surface area contributed by atoms with E-state index in [1.54, 1.807) is 0 Å². The molecule has 0 unspecified atom stereocenters. The summed E-state index contributed by atoms with van der Waals surface area (Å²) in [5, 5.41) is 0. The van der Waals surface area contributed by atoms with Gasteiger partial charge in [0, 0.05) is 16.3 Å². The number of unbranched alkanes of at least 4 members (excludes halogenated alkanes) is 3. The minimum Gasteiger partial charge on any atom is -0.340 e. The van der Waals surface area contributed by atoms with E-state index in [1.807, 2.05) is 11.8 Å². The molecule has 0 aromatic heterocycles. The monoisotopic (exact) mass is 315 g/mol. The van der Waals surface area contributed by atoms with Gasteiger partial charge in [0.1, 0.15) is 0 Å². The Balaban J connectivity index is 1.78. The molecule has 1 aliphatic heterocycles. The summed E-state index contributed by atoms with van der Waals surface area (Å²) in [7, 11) is 0. The largest absolute Gasteiger partial charge is 0.340 e. The zero-order valence-corrected chi connectivity index (χ0v) is 13.9. The van der Waals surface area contributed by atoms with Crippen LogP contribution in [-0.2, 0) is 0 Å². The number of fused-ring (bicyclic) bond motifs is 2. The third-order valence-electron chi connectivity index (χ3n) is 3.82. The predicted molar refractivity (Wildman–Crippen MR) is 96.3 cm³/mol. The Kier molecular flexibility index (Phi) is 5.15. The minimum atomic E-state index is 1.01. The predicted octanol–water partition coefficient (Wildman–Crippen LogP) is 5.78. The fourth-order valence-electron chi connectivity index (χ4n) is 2.76. The van der Waals surface area contributed by atoms with Crippen molar-refractivity contribution in [2.45, 2.75) is 35.5 Å². The third kappa shape index (κ3) is 3.41. The van der Waals surface area contributed by atoms with E-state index >= 15 is 0 Å². The second-order valence-electron chi connectivity index (χ2n) is 5.33. The summed E-state index contributed by atoms with van der Waals surface area (Å²) in [5.74, 6) is 1.01. The van der Waals surface area contributed by atoms with Gasteiger partial charge >= 0.3 is 0 Å². The first kappa shape index (κ1) is 14.9. The van der Waals surface area contributed by atoms with Crippen molar-refractivity contribution in [1.29, 1.82) is 0 Å². The number of benzene rings is 2. The highest BCUT2D eigenvalue weighted by molar-refractivity contribution is 7.99. The number of rotatable bonds is 6. The lowest BCUT2D eigenvalue weighted by Gasteiger charge is -2.32. The number of anilines is 2. The Hall–Kier alpha value is -1.06. The zero-order chi connectivity index (χ0) is 14.5. The number of hydrogen-bond acceptors (Lipinski definition) is 3. The molecule has 0 saturated carbocycles. The van der Waals surface area contributed by atoms with Gasteiger partial charge in [0.15, 0.2) is 0 Å². The molecule has 0 spiro atoms. The van der Waals surface area contributed by atoms with Gasteiger partial charge in [-0.1, -0.05) is 48.9 Å². The molecule has 0 atom stereocenters. The smallest absolute Gasteiger partial charge is 0.0552 e. The molecule has 2 aromatic carbocycles. The molecule has 0 saturated heterocycles. The van der Waals surface area contributed by atoms with E-state index in [9.17, 15) is 0 Å². The van der Waals surface area contributed by atoms with Gasteiger partial charge in [-0.2, -0.15) is 12.6 Å². The topological polar surface area (TPSA) is 3.24 Å². The number of para-hydroxylation sites is 2. The molecule has 0 fully saturated rings. The normalized spacial score (nSPS) is 12.9. The van der Waals surface area contributed by atoms with Crippen LogP contribution in [0.4, 0.5) is 11.4 Å². The summed E-state index contributed by atoms with van der Waals surface area (Å²) in [6.45, 7) is 1.10. The van der Waals surface area contributed by atoms with Crippen molar-refractivity contribution in [3.63, 3.8) is 0 Å². The van der Waals surface area contributed by atoms with Crippen LogP contribution < -0.4 is 4.90 Å². The van der Waals surface area contributed by atoms with E-state index in [2.05, 4.69) is 66.1 Å². The lowest BCUT2D eigenvalue weighted by molar-refractivity contribution is 0.669. The highest BCUT2D eigenvalue weighted by Crippen LogP contribution is 2.47. The van der Waals surface area contributed by atoms with Gasteiger partial charge in [-0.05, 0) is 42.9 Å². The molecule has 0 amide bonds. The summed E-state index contributed by atoms with van der Waals surface area (Å²) in [5.41, 5.74) is 2.71. The summed E-state index contributed by atoms with van der Waals surface area (Å²) in [4.78, 5) is 5.22. The van der Waals surface area contributed by atoms with E-state index < -0.39 is 0 Å². The maximum Gasteiger partial charge on any atom is 0.0552 e. The van der Waals surface area contributed by atoms with Crippen LogP contribution in [0.25, 0.3) is 0 Å². The van der Waals surface area contributed by atoms with Crippen LogP contribution >= 0.6 is 24.4 Å². The van der Waals surface area contributed by atoms with Gasteiger partial charge in [0.25, 0.3) is 0 Å². The highest BCUT2D eigenvalue weighted by atomic mass is 32.2. The SMILES string of the molecule is SCCCCCCN1c2ccccc2Sc2ccccc21. The lowest BCUT2D eigenvalue weighted by Crippen LogP contribution is -2.21. The van der Waals surface area contributed by atoms with Crippen LogP contribution in [0.5, 0.6) is 0 Å². The second kappa shape index (κ2) is 7.28. The van der Waals surface area contributed by atoms with Gasteiger partial charge < -0.3 is 4.90 Å². The van der Waals surface area contributed by atoms with Crippen LogP contribution in [0.1, 0.15) is 25.7 Å². The standard InChI is InChI=1S/C18H21NS2/c20-14-8-2-1-7-13-19-15-9-3-5-11-17(15)21-18-12-6-4-10-16(18)19/h3-6,9-12,20H,1-2,7-8,13-14H2. The molecule has 110 valence electrons. The molecule has 1 nitrogen and oxygen atoms in total. The summed E-state index contributed by atoms with van der Waals surface area (Å²) in [6, 6.07) is 17.5. The van der Waals surface area contributed by atoms with Crippen LogP contribution in [0, 0.1) is 0 Å². The minimum absolute atomic E-state index is 1.01. The fourth-order valence-corrected chi connectivity index (χ4v) is 4.08. The first-order valence-corrected chi connectivity index (χ1v) is 9.09. The highest BCUT2D eigenvalue weighted by Gasteiger charge is 2.21.